The predicted octanol–water partition coefficient (Wildman–Crippen LogP) is 3.86. The molecule has 3 heterocycles. The number of thiophene rings is 1. The molecule has 152 valence electrons. The van der Waals surface area contributed by atoms with E-state index < -0.39 is 0 Å². The van der Waals surface area contributed by atoms with Crippen LogP contribution >= 0.6 is 39.5 Å². The minimum atomic E-state index is -0.126. The molecule has 0 aliphatic carbocycles. The van der Waals surface area contributed by atoms with Crippen molar-refractivity contribution in [2.24, 2.45) is 0 Å². The quantitative estimate of drug-likeness (QED) is 0.561. The minimum Gasteiger partial charge on any atom is -0.336 e. The van der Waals surface area contributed by atoms with Gasteiger partial charge in [-0.1, -0.05) is 0 Å². The molecule has 3 aromatic rings. The highest BCUT2D eigenvalue weighted by molar-refractivity contribution is 9.11. The maximum absolute atomic E-state index is 13.0. The number of carbonyl (C=O) groups is 1. The van der Waals surface area contributed by atoms with E-state index in [-0.39, 0.29) is 11.5 Å². The van der Waals surface area contributed by atoms with E-state index in [0.29, 0.717) is 40.9 Å². The van der Waals surface area contributed by atoms with E-state index in [1.54, 1.807) is 29.5 Å². The topological polar surface area (TPSA) is 61.3 Å². The molecular weight excluding hydrogens is 472 g/mol. The first-order valence-electron chi connectivity index (χ1n) is 9.49. The van der Waals surface area contributed by atoms with Gasteiger partial charge in [0.15, 0.2) is 4.77 Å². The first-order valence-corrected chi connectivity index (χ1v) is 11.5. The molecule has 0 radical (unpaired) electrons. The fraction of sp³-hybridized carbons (Fsp3) is 0.350. The third kappa shape index (κ3) is 4.23. The Morgan fingerprint density at radius 2 is 1.97 bits per heavy atom. The van der Waals surface area contributed by atoms with Crippen molar-refractivity contribution in [1.82, 2.24) is 19.4 Å². The van der Waals surface area contributed by atoms with Gasteiger partial charge in [0.05, 0.1) is 14.7 Å². The SMILES string of the molecule is CCn1c(=S)[nH]c2cc(C(=O)N3CCN(Cc4ccc(Br)s4)CC3)ccc2c1=O. The fourth-order valence-electron chi connectivity index (χ4n) is 3.62. The number of rotatable bonds is 4. The van der Waals surface area contributed by atoms with Crippen molar-refractivity contribution in [3.63, 3.8) is 0 Å². The summed E-state index contributed by atoms with van der Waals surface area (Å²) >= 11 is 10.5. The number of aromatic amines is 1. The zero-order valence-corrected chi connectivity index (χ0v) is 19.2. The average Bonchev–Trinajstić information content (AvgIpc) is 3.12. The van der Waals surface area contributed by atoms with Crippen LogP contribution in [-0.4, -0.2) is 51.4 Å². The first kappa shape index (κ1) is 20.5. The molecule has 29 heavy (non-hydrogen) atoms. The highest BCUT2D eigenvalue weighted by atomic mass is 79.9. The molecule has 1 fully saturated rings. The average molecular weight is 493 g/mol. The molecule has 1 aromatic carbocycles. The molecule has 0 saturated carbocycles. The van der Waals surface area contributed by atoms with E-state index in [0.717, 1.165) is 23.4 Å². The third-order valence-corrected chi connectivity index (χ3v) is 7.14. The van der Waals surface area contributed by atoms with Crippen LogP contribution in [0.4, 0.5) is 0 Å². The summed E-state index contributed by atoms with van der Waals surface area (Å²) in [5, 5.41) is 0.545. The zero-order valence-electron chi connectivity index (χ0n) is 16.0. The second-order valence-corrected chi connectivity index (χ2v) is 9.95. The normalized spacial score (nSPS) is 15.2. The van der Waals surface area contributed by atoms with Crippen LogP contribution in [0.15, 0.2) is 38.9 Å². The molecule has 1 aliphatic rings. The van der Waals surface area contributed by atoms with Gasteiger partial charge in [-0.15, -0.1) is 11.3 Å². The highest BCUT2D eigenvalue weighted by Gasteiger charge is 2.23. The Morgan fingerprint density at radius 1 is 1.21 bits per heavy atom. The van der Waals surface area contributed by atoms with Gasteiger partial charge in [0.1, 0.15) is 0 Å². The molecule has 0 atom stereocenters. The number of nitrogens with zero attached hydrogens (tertiary/aromatic N) is 3. The summed E-state index contributed by atoms with van der Waals surface area (Å²) in [5.74, 6) is -0.00981. The molecule has 1 saturated heterocycles. The lowest BCUT2D eigenvalue weighted by Gasteiger charge is -2.34. The largest absolute Gasteiger partial charge is 0.336 e. The van der Waals surface area contributed by atoms with Gasteiger partial charge in [0, 0.05) is 49.7 Å². The van der Waals surface area contributed by atoms with Crippen molar-refractivity contribution in [1.29, 1.82) is 0 Å². The molecule has 9 heteroatoms. The third-order valence-electron chi connectivity index (χ3n) is 5.21. The van der Waals surface area contributed by atoms with E-state index in [4.69, 9.17) is 12.2 Å². The monoisotopic (exact) mass is 492 g/mol. The lowest BCUT2D eigenvalue weighted by atomic mass is 10.1. The molecule has 0 unspecified atom stereocenters. The maximum Gasteiger partial charge on any atom is 0.262 e. The number of aromatic nitrogens is 2. The second-order valence-electron chi connectivity index (χ2n) is 7.01. The number of halogens is 1. The van der Waals surface area contributed by atoms with E-state index in [1.807, 2.05) is 11.8 Å². The number of piperazine rings is 1. The summed E-state index contributed by atoms with van der Waals surface area (Å²) in [6, 6.07) is 9.40. The van der Waals surface area contributed by atoms with Gasteiger partial charge in [-0.25, -0.2) is 0 Å². The standard InChI is InChI=1S/C20H21BrN4O2S2/c1-2-25-19(27)15-5-3-13(11-16(15)22-20(25)28)18(26)24-9-7-23(8-10-24)12-14-4-6-17(21)29-14/h3-6,11H,2,7-10,12H2,1H3,(H,22,28). The summed E-state index contributed by atoms with van der Waals surface area (Å²) in [7, 11) is 0. The predicted molar refractivity (Wildman–Crippen MR) is 122 cm³/mol. The molecule has 1 aliphatic heterocycles. The van der Waals surface area contributed by atoms with Crippen LogP contribution in [-0.2, 0) is 13.1 Å². The van der Waals surface area contributed by atoms with Gasteiger partial charge in [0.25, 0.3) is 11.5 Å². The summed E-state index contributed by atoms with van der Waals surface area (Å²) < 4.78 is 3.04. The van der Waals surface area contributed by atoms with Gasteiger partial charge >= 0.3 is 0 Å². The van der Waals surface area contributed by atoms with Crippen LogP contribution in [0.5, 0.6) is 0 Å². The van der Waals surface area contributed by atoms with Crippen LogP contribution < -0.4 is 5.56 Å². The van der Waals surface area contributed by atoms with E-state index in [1.165, 1.54) is 9.44 Å². The Morgan fingerprint density at radius 3 is 2.62 bits per heavy atom. The van der Waals surface area contributed by atoms with Crippen LogP contribution in [0.2, 0.25) is 0 Å². The van der Waals surface area contributed by atoms with E-state index in [2.05, 4.69) is 37.9 Å². The lowest BCUT2D eigenvalue weighted by molar-refractivity contribution is 0.0630. The first-order chi connectivity index (χ1) is 14.0. The Labute approximate surface area is 185 Å². The van der Waals surface area contributed by atoms with Crippen molar-refractivity contribution >= 4 is 56.3 Å². The van der Waals surface area contributed by atoms with Gasteiger partial charge in [0.2, 0.25) is 0 Å². The van der Waals surface area contributed by atoms with Crippen molar-refractivity contribution in [3.8, 4) is 0 Å². The second kappa shape index (κ2) is 8.51. The van der Waals surface area contributed by atoms with E-state index >= 15 is 0 Å². The van der Waals surface area contributed by atoms with Gasteiger partial charge in [-0.05, 0) is 65.4 Å². The Bertz CT molecular complexity index is 1180. The van der Waals surface area contributed by atoms with Crippen LogP contribution in [0.3, 0.4) is 0 Å². The van der Waals surface area contributed by atoms with Crippen molar-refractivity contribution in [2.45, 2.75) is 20.0 Å². The summed E-state index contributed by atoms with van der Waals surface area (Å²) in [4.78, 5) is 34.2. The number of benzene rings is 1. The van der Waals surface area contributed by atoms with Gasteiger partial charge in [-0.2, -0.15) is 0 Å². The van der Waals surface area contributed by atoms with Crippen LogP contribution in [0.25, 0.3) is 10.9 Å². The Kier molecular flexibility index (Phi) is 6.00. The number of nitrogens with one attached hydrogen (secondary N) is 1. The number of H-pyrrole nitrogens is 1. The van der Waals surface area contributed by atoms with Crippen LogP contribution in [0.1, 0.15) is 22.2 Å². The fourth-order valence-corrected chi connectivity index (χ4v) is 5.47. The molecule has 4 rings (SSSR count). The molecule has 1 N–H and O–H groups in total. The Balaban J connectivity index is 1.48. The summed E-state index contributed by atoms with van der Waals surface area (Å²) in [6.07, 6.45) is 0. The minimum absolute atomic E-state index is 0.00981. The van der Waals surface area contributed by atoms with Crippen molar-refractivity contribution < 1.29 is 4.79 Å². The number of fused-ring (bicyclic) bond motifs is 1. The van der Waals surface area contributed by atoms with Crippen molar-refractivity contribution in [3.05, 3.63) is 59.7 Å². The highest BCUT2D eigenvalue weighted by Crippen LogP contribution is 2.24. The van der Waals surface area contributed by atoms with E-state index in [9.17, 15) is 9.59 Å². The zero-order chi connectivity index (χ0) is 20.5. The number of hydrogen-bond acceptors (Lipinski definition) is 5. The smallest absolute Gasteiger partial charge is 0.262 e. The lowest BCUT2D eigenvalue weighted by Crippen LogP contribution is -2.48. The molecule has 2 aromatic heterocycles. The Hall–Kier alpha value is -1.81. The number of carbonyl (C=O) groups excluding carboxylic acids is 1. The molecule has 6 nitrogen and oxygen atoms in total. The van der Waals surface area contributed by atoms with Gasteiger partial charge in [-0.3, -0.25) is 19.1 Å². The molecular formula is C20H21BrN4O2S2. The molecule has 0 bridgehead atoms. The van der Waals surface area contributed by atoms with Gasteiger partial charge < -0.3 is 9.88 Å². The molecule has 1 amide bonds. The summed E-state index contributed by atoms with van der Waals surface area (Å²) in [6.45, 7) is 6.38. The number of hydrogen-bond donors (Lipinski definition) is 1. The molecule has 0 spiro atoms. The van der Waals surface area contributed by atoms with Crippen LogP contribution in [0, 0.1) is 4.77 Å². The number of amides is 1. The van der Waals surface area contributed by atoms with Crippen molar-refractivity contribution in [2.75, 3.05) is 26.2 Å². The maximum atomic E-state index is 13.0. The summed E-state index contributed by atoms with van der Waals surface area (Å²) in [5.41, 5.74) is 1.06.